The van der Waals surface area contributed by atoms with E-state index in [1.165, 1.54) is 0 Å². The lowest BCUT2D eigenvalue weighted by molar-refractivity contribution is 0.102. The minimum absolute atomic E-state index is 0.259. The highest BCUT2D eigenvalue weighted by molar-refractivity contribution is 6.13. The lowest BCUT2D eigenvalue weighted by Gasteiger charge is -2.10. The molecule has 1 N–H and O–H groups in total. The molecule has 0 aliphatic carbocycles. The largest absolute Gasteiger partial charge is 0.335 e. The number of anilines is 1. The molecule has 0 aliphatic rings. The molecule has 3 heterocycles. The summed E-state index contributed by atoms with van der Waals surface area (Å²) in [6.07, 6.45) is 1.74. The van der Waals surface area contributed by atoms with Crippen LogP contribution in [0.3, 0.4) is 0 Å². The zero-order chi connectivity index (χ0) is 21.4. The minimum atomic E-state index is -0.259. The molecular formula is C24H19N5O2. The van der Waals surface area contributed by atoms with E-state index >= 15 is 0 Å². The molecule has 0 atom stereocenters. The Balaban J connectivity index is 1.54. The second kappa shape index (κ2) is 7.53. The Morgan fingerprint density at radius 1 is 1.00 bits per heavy atom. The first-order valence-electron chi connectivity index (χ1n) is 9.85. The zero-order valence-corrected chi connectivity index (χ0v) is 17.0. The summed E-state index contributed by atoms with van der Waals surface area (Å²) >= 11 is 0. The molecule has 7 heteroatoms. The van der Waals surface area contributed by atoms with Crippen molar-refractivity contribution >= 4 is 22.7 Å². The van der Waals surface area contributed by atoms with Gasteiger partial charge in [-0.1, -0.05) is 41.6 Å². The van der Waals surface area contributed by atoms with Gasteiger partial charge in [0.1, 0.15) is 0 Å². The number of benzene rings is 2. The first kappa shape index (κ1) is 18.7. The Kier molecular flexibility index (Phi) is 4.55. The molecule has 2 aromatic carbocycles. The maximum atomic E-state index is 13.3. The summed E-state index contributed by atoms with van der Waals surface area (Å²) in [6.45, 7) is 3.78. The molecular weight excluding hydrogens is 390 g/mol. The summed E-state index contributed by atoms with van der Waals surface area (Å²) in [7, 11) is 0. The van der Waals surface area contributed by atoms with Crippen molar-refractivity contribution in [3.8, 4) is 16.9 Å². The first-order valence-corrected chi connectivity index (χ1v) is 9.85. The van der Waals surface area contributed by atoms with E-state index in [0.29, 0.717) is 33.7 Å². The van der Waals surface area contributed by atoms with Crippen LogP contribution >= 0.6 is 0 Å². The van der Waals surface area contributed by atoms with Gasteiger partial charge in [0.25, 0.3) is 11.6 Å². The van der Waals surface area contributed by atoms with Crippen LogP contribution < -0.4 is 5.32 Å². The van der Waals surface area contributed by atoms with Crippen molar-refractivity contribution < 1.29 is 9.32 Å². The Labute approximate surface area is 178 Å². The summed E-state index contributed by atoms with van der Waals surface area (Å²) in [5, 5.41) is 11.9. The maximum absolute atomic E-state index is 13.3. The van der Waals surface area contributed by atoms with Crippen molar-refractivity contribution in [1.82, 2.24) is 19.9 Å². The molecule has 0 aliphatic heterocycles. The van der Waals surface area contributed by atoms with Gasteiger partial charge in [-0.05, 0) is 44.2 Å². The number of aromatic nitrogens is 4. The van der Waals surface area contributed by atoms with Gasteiger partial charge in [0.2, 0.25) is 0 Å². The zero-order valence-electron chi connectivity index (χ0n) is 17.0. The molecule has 31 heavy (non-hydrogen) atoms. The van der Waals surface area contributed by atoms with Crippen LogP contribution in [0.15, 0.2) is 77.4 Å². The number of rotatable bonds is 4. The summed E-state index contributed by atoms with van der Waals surface area (Å²) in [4.78, 5) is 17.8. The normalized spacial score (nSPS) is 11.0. The number of hydrogen-bond donors (Lipinski definition) is 1. The van der Waals surface area contributed by atoms with Crippen LogP contribution in [-0.2, 0) is 0 Å². The standard InChI is InChI=1S/C24H19N5O2/c1-15-11-12-25-29(15)19-10-6-9-18(13-19)26-23(30)20-14-21(17-7-4-3-5-8-17)27-24-22(20)16(2)28-31-24/h3-14H,1-2H3,(H,26,30). The average molecular weight is 409 g/mol. The Morgan fingerprint density at radius 2 is 1.84 bits per heavy atom. The van der Waals surface area contributed by atoms with E-state index in [0.717, 1.165) is 16.9 Å². The van der Waals surface area contributed by atoms with Crippen molar-refractivity contribution in [1.29, 1.82) is 0 Å². The number of carbonyl (C=O) groups is 1. The molecule has 152 valence electrons. The SMILES string of the molecule is Cc1noc2nc(-c3ccccc3)cc(C(=O)Nc3cccc(-n4nccc4C)c3)c12. The number of aryl methyl sites for hydroxylation is 2. The number of carbonyl (C=O) groups excluding carboxylic acids is 1. The van der Waals surface area contributed by atoms with Crippen LogP contribution in [0.1, 0.15) is 21.7 Å². The lowest BCUT2D eigenvalue weighted by Crippen LogP contribution is -2.13. The quantitative estimate of drug-likeness (QED) is 0.454. The Bertz CT molecular complexity index is 1400. The fraction of sp³-hybridized carbons (Fsp3) is 0.0833. The van der Waals surface area contributed by atoms with Crippen molar-refractivity contribution in [2.45, 2.75) is 13.8 Å². The molecule has 0 unspecified atom stereocenters. The van der Waals surface area contributed by atoms with E-state index in [2.05, 4.69) is 20.6 Å². The van der Waals surface area contributed by atoms with E-state index in [9.17, 15) is 4.79 Å². The maximum Gasteiger partial charge on any atom is 0.259 e. The fourth-order valence-corrected chi connectivity index (χ4v) is 3.58. The van der Waals surface area contributed by atoms with E-state index in [1.807, 2.05) is 72.3 Å². The Morgan fingerprint density at radius 3 is 2.61 bits per heavy atom. The molecule has 5 aromatic rings. The van der Waals surface area contributed by atoms with Gasteiger partial charge in [-0.3, -0.25) is 4.79 Å². The molecule has 0 saturated heterocycles. The average Bonchev–Trinajstić information content (AvgIpc) is 3.39. The fourth-order valence-electron chi connectivity index (χ4n) is 3.58. The van der Waals surface area contributed by atoms with E-state index < -0.39 is 0 Å². The van der Waals surface area contributed by atoms with Crippen LogP contribution in [0.4, 0.5) is 5.69 Å². The number of hydrogen-bond acceptors (Lipinski definition) is 5. The number of nitrogens with zero attached hydrogens (tertiary/aromatic N) is 4. The topological polar surface area (TPSA) is 85.8 Å². The van der Waals surface area contributed by atoms with Crippen LogP contribution in [0.5, 0.6) is 0 Å². The molecule has 0 spiro atoms. The highest BCUT2D eigenvalue weighted by atomic mass is 16.5. The van der Waals surface area contributed by atoms with Gasteiger partial charge in [0, 0.05) is 23.1 Å². The van der Waals surface area contributed by atoms with Crippen LogP contribution in [-0.4, -0.2) is 25.8 Å². The third kappa shape index (κ3) is 3.46. The predicted molar refractivity (Wildman–Crippen MR) is 118 cm³/mol. The van der Waals surface area contributed by atoms with Gasteiger partial charge >= 0.3 is 0 Å². The van der Waals surface area contributed by atoms with Gasteiger partial charge < -0.3 is 9.84 Å². The third-order valence-electron chi connectivity index (χ3n) is 5.11. The monoisotopic (exact) mass is 409 g/mol. The van der Waals surface area contributed by atoms with Crippen molar-refractivity contribution in [3.05, 3.63) is 89.9 Å². The summed E-state index contributed by atoms with van der Waals surface area (Å²) < 4.78 is 7.20. The highest BCUT2D eigenvalue weighted by Gasteiger charge is 2.19. The summed E-state index contributed by atoms with van der Waals surface area (Å²) in [6, 6.07) is 20.9. The van der Waals surface area contributed by atoms with Gasteiger partial charge in [-0.15, -0.1) is 0 Å². The summed E-state index contributed by atoms with van der Waals surface area (Å²) in [5.41, 5.74) is 5.50. The van der Waals surface area contributed by atoms with Crippen LogP contribution in [0, 0.1) is 13.8 Å². The third-order valence-corrected chi connectivity index (χ3v) is 5.11. The molecule has 3 aromatic heterocycles. The minimum Gasteiger partial charge on any atom is -0.335 e. The molecule has 0 radical (unpaired) electrons. The molecule has 1 amide bonds. The highest BCUT2D eigenvalue weighted by Crippen LogP contribution is 2.28. The van der Waals surface area contributed by atoms with Crippen LogP contribution in [0.25, 0.3) is 28.0 Å². The Hall–Kier alpha value is -4.26. The van der Waals surface area contributed by atoms with Crippen molar-refractivity contribution in [3.63, 3.8) is 0 Å². The molecule has 0 bridgehead atoms. The number of amides is 1. The smallest absolute Gasteiger partial charge is 0.259 e. The second-order valence-corrected chi connectivity index (χ2v) is 7.26. The van der Waals surface area contributed by atoms with Gasteiger partial charge in [0.05, 0.1) is 28.0 Å². The van der Waals surface area contributed by atoms with Crippen LogP contribution in [0.2, 0.25) is 0 Å². The van der Waals surface area contributed by atoms with E-state index in [-0.39, 0.29) is 5.91 Å². The van der Waals surface area contributed by atoms with Crippen molar-refractivity contribution in [2.75, 3.05) is 5.32 Å². The second-order valence-electron chi connectivity index (χ2n) is 7.26. The lowest BCUT2D eigenvalue weighted by atomic mass is 10.0. The first-order chi connectivity index (χ1) is 15.1. The van der Waals surface area contributed by atoms with E-state index in [4.69, 9.17) is 4.52 Å². The van der Waals surface area contributed by atoms with Gasteiger partial charge in [-0.25, -0.2) is 9.67 Å². The number of nitrogens with one attached hydrogen (secondary N) is 1. The van der Waals surface area contributed by atoms with Gasteiger partial charge in [0.15, 0.2) is 0 Å². The summed E-state index contributed by atoms with van der Waals surface area (Å²) in [5.74, 6) is -0.259. The molecule has 0 fully saturated rings. The predicted octanol–water partition coefficient (Wildman–Crippen LogP) is 4.94. The number of fused-ring (bicyclic) bond motifs is 1. The number of pyridine rings is 1. The molecule has 5 rings (SSSR count). The molecule has 7 nitrogen and oxygen atoms in total. The van der Waals surface area contributed by atoms with E-state index in [1.54, 1.807) is 19.2 Å². The molecule has 0 saturated carbocycles. The van der Waals surface area contributed by atoms with Gasteiger partial charge in [-0.2, -0.15) is 5.10 Å². The van der Waals surface area contributed by atoms with Crippen molar-refractivity contribution in [2.24, 2.45) is 0 Å².